The number of sulfone groups is 2. The standard InChI is InChI=1S/C29H37F2NO4S.C26H33F2NO4S/c1-27(2,3)36-26(33)29(17-19-32(20-18-29)24-11-12-24)37(34,35)25-13-9-23(10-14-25)22-7-5-21(6-8-22)15-16-28(4,30)31;1-24(2,3)33-23(30)26(15-17-29-18-16-26)34(31,32)22-11-9-21(10-12-22)20-7-5-19(6-8-20)13-14-25(4,27)28/h5-10,13-14,24H,11-12,15-20H2,1-4H3;5-12,29H,13-18H2,1-4H3. The SMILES string of the molecule is CC(F)(F)CCc1ccc(-c2ccc(S(=O)(=O)C3(C(=O)OC(C)(C)C)CCN(C4CC4)CC3)cc2)cc1.CC(F)(F)CCc1ccc(-c2ccc(S(=O)(=O)C3(C(=O)OC(C)(C)C)CCNCC3)cc2)cc1. The minimum absolute atomic E-state index is 0.0748. The number of esters is 2. The molecule has 0 unspecified atom stereocenters. The molecule has 0 bridgehead atoms. The highest BCUT2D eigenvalue weighted by atomic mass is 32.2. The summed E-state index contributed by atoms with van der Waals surface area (Å²) in [5.41, 5.74) is 3.35. The minimum atomic E-state index is -4.02. The molecule has 0 spiro atoms. The molecule has 4 aromatic rings. The van der Waals surface area contributed by atoms with Gasteiger partial charge < -0.3 is 19.7 Å². The van der Waals surface area contributed by atoms with Crippen molar-refractivity contribution in [2.75, 3.05) is 26.2 Å². The van der Waals surface area contributed by atoms with Crippen molar-refractivity contribution in [3.05, 3.63) is 108 Å². The number of likely N-dealkylation sites (tertiary alicyclic amines) is 1. The van der Waals surface area contributed by atoms with Gasteiger partial charge in [0.05, 0.1) is 9.79 Å². The Labute approximate surface area is 418 Å². The number of nitrogens with zero attached hydrogens (tertiary/aromatic N) is 1. The molecule has 10 nitrogen and oxygen atoms in total. The molecule has 71 heavy (non-hydrogen) atoms. The van der Waals surface area contributed by atoms with Crippen molar-refractivity contribution in [1.82, 2.24) is 10.2 Å². The van der Waals surface area contributed by atoms with Crippen LogP contribution < -0.4 is 5.32 Å². The molecule has 7 rings (SSSR count). The normalized spacial score (nSPS) is 17.9. The number of nitrogens with one attached hydrogen (secondary N) is 1. The summed E-state index contributed by atoms with van der Waals surface area (Å²) >= 11 is 0. The summed E-state index contributed by atoms with van der Waals surface area (Å²) in [6.07, 6.45) is 3.09. The lowest BCUT2D eigenvalue weighted by molar-refractivity contribution is -0.160. The van der Waals surface area contributed by atoms with E-state index in [9.17, 15) is 44.0 Å². The highest BCUT2D eigenvalue weighted by Gasteiger charge is 2.56. The lowest BCUT2D eigenvalue weighted by atomic mass is 9.95. The Hall–Kier alpha value is -4.64. The number of rotatable bonds is 15. The van der Waals surface area contributed by atoms with Gasteiger partial charge >= 0.3 is 11.9 Å². The van der Waals surface area contributed by atoms with E-state index in [-0.39, 0.29) is 61.2 Å². The van der Waals surface area contributed by atoms with Crippen molar-refractivity contribution in [3.8, 4) is 22.3 Å². The molecule has 0 radical (unpaired) electrons. The van der Waals surface area contributed by atoms with E-state index in [1.807, 2.05) is 36.4 Å². The van der Waals surface area contributed by atoms with E-state index >= 15 is 0 Å². The maximum Gasteiger partial charge on any atom is 0.328 e. The first-order valence-electron chi connectivity index (χ1n) is 24.5. The maximum absolute atomic E-state index is 14.0. The molecule has 3 aliphatic rings. The molecule has 1 aliphatic carbocycles. The quantitative estimate of drug-likeness (QED) is 0.0905. The van der Waals surface area contributed by atoms with E-state index in [0.717, 1.165) is 60.1 Å². The average molecular weight is 1030 g/mol. The van der Waals surface area contributed by atoms with Gasteiger partial charge in [0.1, 0.15) is 11.2 Å². The smallest absolute Gasteiger partial charge is 0.328 e. The molecule has 2 heterocycles. The van der Waals surface area contributed by atoms with Crippen molar-refractivity contribution in [1.29, 1.82) is 0 Å². The number of halogens is 4. The summed E-state index contributed by atoms with van der Waals surface area (Å²) in [7, 11) is -8.03. The fourth-order valence-corrected chi connectivity index (χ4v) is 12.9. The van der Waals surface area contributed by atoms with Crippen molar-refractivity contribution in [2.24, 2.45) is 0 Å². The fourth-order valence-electron chi connectivity index (χ4n) is 8.99. The van der Waals surface area contributed by atoms with Crippen molar-refractivity contribution < 1.29 is 53.5 Å². The van der Waals surface area contributed by atoms with Gasteiger partial charge in [-0.2, -0.15) is 0 Å². The molecule has 1 N–H and O–H groups in total. The number of ether oxygens (including phenoxy) is 2. The Kier molecular flexibility index (Phi) is 16.8. The van der Waals surface area contributed by atoms with E-state index in [1.165, 1.54) is 12.1 Å². The number of benzene rings is 4. The van der Waals surface area contributed by atoms with Gasteiger partial charge in [0.2, 0.25) is 11.8 Å². The molecule has 3 fully saturated rings. The molecule has 16 heteroatoms. The number of carbonyl (C=O) groups is 2. The predicted octanol–water partition coefficient (Wildman–Crippen LogP) is 11.2. The lowest BCUT2D eigenvalue weighted by Gasteiger charge is -2.40. The molecule has 1 saturated carbocycles. The van der Waals surface area contributed by atoms with Crippen LogP contribution in [0.25, 0.3) is 22.3 Å². The van der Waals surface area contributed by atoms with Gasteiger partial charge in [-0.15, -0.1) is 0 Å². The van der Waals surface area contributed by atoms with Gasteiger partial charge in [0, 0.05) is 32.0 Å². The second-order valence-corrected chi connectivity index (χ2v) is 26.1. The number of aryl methyl sites for hydroxylation is 2. The van der Waals surface area contributed by atoms with Crippen LogP contribution in [0.4, 0.5) is 17.6 Å². The number of hydrogen-bond donors (Lipinski definition) is 1. The Morgan fingerprint density at radius 3 is 1.14 bits per heavy atom. The molecule has 0 aromatic heterocycles. The summed E-state index contributed by atoms with van der Waals surface area (Å²) < 4.78 is 116. The fraction of sp³-hybridized carbons (Fsp3) is 0.527. The van der Waals surface area contributed by atoms with Crippen LogP contribution >= 0.6 is 0 Å². The first-order valence-corrected chi connectivity index (χ1v) is 27.5. The van der Waals surface area contributed by atoms with Crippen LogP contribution in [0.5, 0.6) is 0 Å². The summed E-state index contributed by atoms with van der Waals surface area (Å²) in [6.45, 7) is 14.2. The van der Waals surface area contributed by atoms with E-state index in [4.69, 9.17) is 9.47 Å². The zero-order valence-corrected chi connectivity index (χ0v) is 43.9. The van der Waals surface area contributed by atoms with Crippen LogP contribution in [-0.2, 0) is 51.6 Å². The van der Waals surface area contributed by atoms with Gasteiger partial charge in [-0.05, 0) is 177 Å². The third kappa shape index (κ3) is 14.1. The van der Waals surface area contributed by atoms with Gasteiger partial charge in [-0.1, -0.05) is 72.8 Å². The third-order valence-corrected chi connectivity index (χ3v) is 18.3. The monoisotopic (exact) mass is 1030 g/mol. The first kappa shape index (κ1) is 55.7. The number of alkyl halides is 4. The molecular weight excluding hydrogens is 957 g/mol. The average Bonchev–Trinajstić information content (AvgIpc) is 4.16. The number of piperidine rings is 2. The van der Waals surface area contributed by atoms with Gasteiger partial charge in [-0.3, -0.25) is 9.59 Å². The Morgan fingerprint density at radius 2 is 0.845 bits per heavy atom. The van der Waals surface area contributed by atoms with Crippen LogP contribution in [-0.4, -0.2) is 98.4 Å². The number of carbonyl (C=O) groups excluding carboxylic acids is 2. The van der Waals surface area contributed by atoms with E-state index in [2.05, 4.69) is 10.2 Å². The first-order chi connectivity index (χ1) is 32.9. The summed E-state index contributed by atoms with van der Waals surface area (Å²) in [5, 5.41) is 3.12. The van der Waals surface area contributed by atoms with Gasteiger partial charge in [0.15, 0.2) is 29.2 Å². The highest BCUT2D eigenvalue weighted by Crippen LogP contribution is 2.42. The second-order valence-electron chi connectivity index (χ2n) is 21.6. The van der Waals surface area contributed by atoms with Crippen molar-refractivity contribution in [3.63, 3.8) is 0 Å². The van der Waals surface area contributed by atoms with Crippen molar-refractivity contribution in [2.45, 2.75) is 168 Å². The van der Waals surface area contributed by atoms with Gasteiger partial charge in [0.25, 0.3) is 0 Å². The molecule has 0 amide bonds. The maximum atomic E-state index is 14.0. The molecule has 388 valence electrons. The Bertz CT molecular complexity index is 2670. The zero-order valence-electron chi connectivity index (χ0n) is 42.3. The molecule has 2 saturated heterocycles. The van der Waals surface area contributed by atoms with E-state index in [0.29, 0.717) is 32.2 Å². The zero-order chi connectivity index (χ0) is 52.3. The van der Waals surface area contributed by atoms with Crippen molar-refractivity contribution >= 4 is 31.6 Å². The minimum Gasteiger partial charge on any atom is -0.459 e. The third-order valence-electron chi connectivity index (χ3n) is 13.3. The molecule has 0 atom stereocenters. The molecule has 4 aromatic carbocycles. The highest BCUT2D eigenvalue weighted by molar-refractivity contribution is 7.94. The Balaban J connectivity index is 0.000000233. The molecule has 2 aliphatic heterocycles. The Morgan fingerprint density at radius 1 is 0.535 bits per heavy atom. The van der Waals surface area contributed by atoms with Crippen LogP contribution in [0.1, 0.15) is 118 Å². The van der Waals surface area contributed by atoms with Crippen LogP contribution in [0.3, 0.4) is 0 Å². The van der Waals surface area contributed by atoms with E-state index in [1.54, 1.807) is 90.1 Å². The summed E-state index contributed by atoms with van der Waals surface area (Å²) in [4.78, 5) is 29.0. The van der Waals surface area contributed by atoms with Crippen LogP contribution in [0.15, 0.2) is 107 Å². The van der Waals surface area contributed by atoms with Crippen LogP contribution in [0.2, 0.25) is 0 Å². The summed E-state index contributed by atoms with van der Waals surface area (Å²) in [5.74, 6) is -6.79. The van der Waals surface area contributed by atoms with Crippen LogP contribution in [0, 0.1) is 0 Å². The lowest BCUT2D eigenvalue weighted by Crippen LogP contribution is -2.56. The molecular formula is C55H70F4N2O8S2. The number of hydrogen-bond acceptors (Lipinski definition) is 10. The second kappa shape index (κ2) is 21.4. The van der Waals surface area contributed by atoms with Gasteiger partial charge in [-0.25, -0.2) is 34.4 Å². The van der Waals surface area contributed by atoms with E-state index < -0.39 is 64.2 Å². The largest absolute Gasteiger partial charge is 0.459 e. The predicted molar refractivity (Wildman–Crippen MR) is 269 cm³/mol. The summed E-state index contributed by atoms with van der Waals surface area (Å²) in [6, 6.07) is 28.1. The topological polar surface area (TPSA) is 136 Å².